The van der Waals surface area contributed by atoms with Crippen molar-refractivity contribution in [3.63, 3.8) is 0 Å². The quantitative estimate of drug-likeness (QED) is 0.758. The molecular weight excluding hydrogens is 409 g/mol. The molecule has 158 valence electrons. The lowest BCUT2D eigenvalue weighted by Crippen LogP contribution is -2.39. The lowest BCUT2D eigenvalue weighted by Gasteiger charge is -2.34. The Morgan fingerprint density at radius 3 is 2.47 bits per heavy atom. The number of halogens is 2. The summed E-state index contributed by atoms with van der Waals surface area (Å²) in [7, 11) is 1.61. The van der Waals surface area contributed by atoms with Crippen LogP contribution in [-0.2, 0) is 16.6 Å². The van der Waals surface area contributed by atoms with Gasteiger partial charge in [0.15, 0.2) is 5.82 Å². The number of aryl methyl sites for hydroxylation is 1. The zero-order valence-corrected chi connectivity index (χ0v) is 17.4. The summed E-state index contributed by atoms with van der Waals surface area (Å²) in [4.78, 5) is 37.9. The van der Waals surface area contributed by atoms with Gasteiger partial charge in [-0.1, -0.05) is 29.8 Å². The number of imide groups is 1. The zero-order valence-electron chi connectivity index (χ0n) is 16.7. The van der Waals surface area contributed by atoms with Crippen LogP contribution in [0.15, 0.2) is 35.3 Å². The average molecular weight is 432 g/mol. The molecule has 2 aliphatic rings. The maximum atomic E-state index is 14.3. The molecule has 0 aliphatic carbocycles. The van der Waals surface area contributed by atoms with Crippen LogP contribution in [-0.4, -0.2) is 29.5 Å². The standard InChI is InChI=1S/C22H23ClFN3O3/c1-26-10-9-17(24)20(22(26)30)27-11-7-13(8-12-27)14-3-2-4-15(19(14)23)16-5-6-18(28)25-21(16)29/h2-4,9-10,13,16H,5-8,11-12H2,1H3,(H,25,28,29). The van der Waals surface area contributed by atoms with E-state index in [0.717, 1.165) is 24.0 Å². The second kappa shape index (κ2) is 8.22. The highest BCUT2D eigenvalue weighted by Crippen LogP contribution is 2.39. The molecule has 1 aromatic heterocycles. The van der Waals surface area contributed by atoms with Gasteiger partial charge in [0.1, 0.15) is 5.69 Å². The fourth-order valence-corrected chi connectivity index (χ4v) is 4.85. The van der Waals surface area contributed by atoms with Crippen molar-refractivity contribution in [1.82, 2.24) is 9.88 Å². The molecule has 0 bridgehead atoms. The third-order valence-corrected chi connectivity index (χ3v) is 6.55. The number of carbonyl (C=O) groups is 2. The molecule has 2 aromatic rings. The number of amides is 2. The maximum Gasteiger partial charge on any atom is 0.276 e. The van der Waals surface area contributed by atoms with E-state index < -0.39 is 11.7 Å². The van der Waals surface area contributed by atoms with Crippen LogP contribution in [0.3, 0.4) is 0 Å². The minimum absolute atomic E-state index is 0.113. The molecule has 2 fully saturated rings. The predicted octanol–water partition coefficient (Wildman–Crippen LogP) is 3.08. The summed E-state index contributed by atoms with van der Waals surface area (Å²) < 4.78 is 15.7. The smallest absolute Gasteiger partial charge is 0.276 e. The Bertz CT molecular complexity index is 1060. The minimum Gasteiger partial charge on any atom is -0.365 e. The van der Waals surface area contributed by atoms with E-state index in [0.29, 0.717) is 31.0 Å². The molecule has 1 unspecified atom stereocenters. The third kappa shape index (κ3) is 3.74. The summed E-state index contributed by atoms with van der Waals surface area (Å²) in [5, 5.41) is 2.95. The van der Waals surface area contributed by atoms with E-state index in [1.54, 1.807) is 11.9 Å². The Labute approximate surface area is 178 Å². The monoisotopic (exact) mass is 431 g/mol. The van der Waals surface area contributed by atoms with Crippen LogP contribution in [0, 0.1) is 5.82 Å². The molecule has 6 nitrogen and oxygen atoms in total. The first-order valence-electron chi connectivity index (χ1n) is 10.1. The van der Waals surface area contributed by atoms with Gasteiger partial charge in [0, 0.05) is 37.8 Å². The van der Waals surface area contributed by atoms with Gasteiger partial charge in [-0.15, -0.1) is 0 Å². The van der Waals surface area contributed by atoms with Crippen LogP contribution in [0.4, 0.5) is 10.1 Å². The van der Waals surface area contributed by atoms with Crippen molar-refractivity contribution >= 4 is 29.1 Å². The van der Waals surface area contributed by atoms with Gasteiger partial charge in [0.25, 0.3) is 5.56 Å². The number of hydrogen-bond donors (Lipinski definition) is 1. The number of pyridine rings is 1. The highest BCUT2D eigenvalue weighted by atomic mass is 35.5. The molecule has 4 rings (SSSR count). The Morgan fingerprint density at radius 2 is 1.77 bits per heavy atom. The Morgan fingerprint density at radius 1 is 1.07 bits per heavy atom. The van der Waals surface area contributed by atoms with Crippen LogP contribution in [0.5, 0.6) is 0 Å². The lowest BCUT2D eigenvalue weighted by molar-refractivity contribution is -0.134. The summed E-state index contributed by atoms with van der Waals surface area (Å²) in [6, 6.07) is 6.99. The second-order valence-corrected chi connectivity index (χ2v) is 8.32. The Kier molecular flexibility index (Phi) is 5.64. The van der Waals surface area contributed by atoms with Crippen LogP contribution in [0.2, 0.25) is 5.02 Å². The molecule has 2 aliphatic heterocycles. The summed E-state index contributed by atoms with van der Waals surface area (Å²) >= 11 is 6.71. The fourth-order valence-electron chi connectivity index (χ4n) is 4.44. The fraction of sp³-hybridized carbons (Fsp3) is 0.409. The highest BCUT2D eigenvalue weighted by Gasteiger charge is 2.32. The van der Waals surface area contributed by atoms with E-state index in [9.17, 15) is 18.8 Å². The summed E-state index contributed by atoms with van der Waals surface area (Å²) in [6.45, 7) is 1.08. The average Bonchev–Trinajstić information content (AvgIpc) is 2.72. The van der Waals surface area contributed by atoms with Gasteiger partial charge in [0.2, 0.25) is 11.8 Å². The van der Waals surface area contributed by atoms with Crippen molar-refractivity contribution < 1.29 is 14.0 Å². The lowest BCUT2D eigenvalue weighted by atomic mass is 9.84. The minimum atomic E-state index is -0.505. The van der Waals surface area contributed by atoms with Crippen molar-refractivity contribution in [2.75, 3.05) is 18.0 Å². The van der Waals surface area contributed by atoms with E-state index in [4.69, 9.17) is 11.6 Å². The van der Waals surface area contributed by atoms with E-state index in [2.05, 4.69) is 5.32 Å². The number of carbonyl (C=O) groups excluding carboxylic acids is 2. The van der Waals surface area contributed by atoms with E-state index in [1.807, 2.05) is 18.2 Å². The maximum absolute atomic E-state index is 14.3. The molecular formula is C22H23ClFN3O3. The molecule has 1 atom stereocenters. The number of hydrogen-bond acceptors (Lipinski definition) is 4. The molecule has 0 spiro atoms. The van der Waals surface area contributed by atoms with Gasteiger partial charge in [0.05, 0.1) is 5.92 Å². The number of anilines is 1. The van der Waals surface area contributed by atoms with Crippen LogP contribution >= 0.6 is 11.6 Å². The molecule has 0 saturated carbocycles. The van der Waals surface area contributed by atoms with E-state index in [1.165, 1.54) is 16.8 Å². The highest BCUT2D eigenvalue weighted by molar-refractivity contribution is 6.32. The van der Waals surface area contributed by atoms with Crippen LogP contribution in [0.1, 0.15) is 48.6 Å². The largest absolute Gasteiger partial charge is 0.365 e. The summed E-state index contributed by atoms with van der Waals surface area (Å²) in [5.41, 5.74) is 1.47. The van der Waals surface area contributed by atoms with Crippen molar-refractivity contribution in [3.05, 3.63) is 62.8 Å². The van der Waals surface area contributed by atoms with Crippen LogP contribution in [0.25, 0.3) is 0 Å². The molecule has 30 heavy (non-hydrogen) atoms. The first-order valence-corrected chi connectivity index (χ1v) is 10.5. The summed E-state index contributed by atoms with van der Waals surface area (Å²) in [5.74, 6) is -1.35. The molecule has 1 aromatic carbocycles. The number of benzene rings is 1. The molecule has 1 N–H and O–H groups in total. The Hall–Kier alpha value is -2.67. The molecule has 2 amide bonds. The van der Waals surface area contributed by atoms with Gasteiger partial charge in [-0.05, 0) is 42.4 Å². The first kappa shape index (κ1) is 20.6. The third-order valence-electron chi connectivity index (χ3n) is 6.12. The zero-order chi connectivity index (χ0) is 21.4. The van der Waals surface area contributed by atoms with Gasteiger partial charge in [-0.2, -0.15) is 0 Å². The number of nitrogens with one attached hydrogen (secondary N) is 1. The molecule has 2 saturated heterocycles. The number of aromatic nitrogens is 1. The van der Waals surface area contributed by atoms with Crippen molar-refractivity contribution in [2.45, 2.75) is 37.5 Å². The van der Waals surface area contributed by atoms with Gasteiger partial charge >= 0.3 is 0 Å². The first-order chi connectivity index (χ1) is 14.4. The predicted molar refractivity (Wildman–Crippen MR) is 112 cm³/mol. The van der Waals surface area contributed by atoms with Gasteiger partial charge < -0.3 is 9.47 Å². The van der Waals surface area contributed by atoms with E-state index in [-0.39, 0.29) is 29.0 Å². The van der Waals surface area contributed by atoms with Crippen molar-refractivity contribution in [2.24, 2.45) is 7.05 Å². The van der Waals surface area contributed by atoms with Crippen LogP contribution < -0.4 is 15.8 Å². The van der Waals surface area contributed by atoms with Crippen molar-refractivity contribution in [1.29, 1.82) is 0 Å². The molecule has 0 radical (unpaired) electrons. The van der Waals surface area contributed by atoms with Gasteiger partial charge in [-0.25, -0.2) is 4.39 Å². The normalized spacial score (nSPS) is 20.4. The molecule has 3 heterocycles. The SMILES string of the molecule is Cn1ccc(F)c(N2CCC(c3cccc(C4CCC(=O)NC4=O)c3Cl)CC2)c1=O. The number of nitrogens with zero attached hydrogens (tertiary/aromatic N) is 2. The Balaban J connectivity index is 1.53. The number of piperidine rings is 2. The topological polar surface area (TPSA) is 71.4 Å². The summed E-state index contributed by atoms with van der Waals surface area (Å²) in [6.07, 6.45) is 3.61. The van der Waals surface area contributed by atoms with E-state index >= 15 is 0 Å². The number of rotatable bonds is 3. The van der Waals surface area contributed by atoms with Crippen molar-refractivity contribution in [3.8, 4) is 0 Å². The second-order valence-electron chi connectivity index (χ2n) is 7.94. The van der Waals surface area contributed by atoms with Gasteiger partial charge in [-0.3, -0.25) is 19.7 Å². The molecule has 8 heteroatoms.